The van der Waals surface area contributed by atoms with Crippen LogP contribution in [0.4, 0.5) is 0 Å². The summed E-state index contributed by atoms with van der Waals surface area (Å²) in [5.74, 6) is 3.07. The Labute approximate surface area is 107 Å². The van der Waals surface area contributed by atoms with Crippen molar-refractivity contribution in [2.45, 2.75) is 19.4 Å². The number of nitrogens with one attached hydrogen (secondary N) is 1. The third-order valence-electron chi connectivity index (χ3n) is 2.44. The summed E-state index contributed by atoms with van der Waals surface area (Å²) in [6.45, 7) is 3.49. The van der Waals surface area contributed by atoms with Gasteiger partial charge in [-0.3, -0.25) is 4.79 Å². The molecular formula is C14H17NO3. The van der Waals surface area contributed by atoms with Crippen LogP contribution in [0.5, 0.6) is 11.5 Å². The second-order valence-corrected chi connectivity index (χ2v) is 4.26. The third-order valence-corrected chi connectivity index (χ3v) is 2.44. The van der Waals surface area contributed by atoms with Crippen LogP contribution in [0.1, 0.15) is 24.2 Å². The molecule has 96 valence electrons. The molecule has 0 aliphatic heterocycles. The predicted molar refractivity (Wildman–Crippen MR) is 69.9 cm³/mol. The molecule has 0 aliphatic rings. The van der Waals surface area contributed by atoms with Gasteiger partial charge >= 0.3 is 0 Å². The van der Waals surface area contributed by atoms with E-state index in [9.17, 15) is 4.79 Å². The Morgan fingerprint density at radius 1 is 1.28 bits per heavy atom. The molecule has 1 amide bonds. The molecule has 0 spiro atoms. The summed E-state index contributed by atoms with van der Waals surface area (Å²) < 4.78 is 10.3. The summed E-state index contributed by atoms with van der Waals surface area (Å²) in [6, 6.07) is 5.14. The Balaban J connectivity index is 3.16. The van der Waals surface area contributed by atoms with E-state index in [1.54, 1.807) is 32.0 Å². The zero-order valence-corrected chi connectivity index (χ0v) is 11.0. The second-order valence-electron chi connectivity index (χ2n) is 4.26. The number of terminal acetylenes is 1. The number of methoxy groups -OCH3 is 2. The van der Waals surface area contributed by atoms with E-state index in [0.29, 0.717) is 17.1 Å². The van der Waals surface area contributed by atoms with Gasteiger partial charge in [-0.15, -0.1) is 6.42 Å². The van der Waals surface area contributed by atoms with Crippen LogP contribution in [0.2, 0.25) is 0 Å². The summed E-state index contributed by atoms with van der Waals surface area (Å²) in [5.41, 5.74) is -0.394. The maximum Gasteiger partial charge on any atom is 0.260 e. The van der Waals surface area contributed by atoms with E-state index in [4.69, 9.17) is 15.9 Å². The number of amides is 1. The van der Waals surface area contributed by atoms with Crippen molar-refractivity contribution in [3.63, 3.8) is 0 Å². The first-order chi connectivity index (χ1) is 8.45. The van der Waals surface area contributed by atoms with Gasteiger partial charge in [-0.05, 0) is 26.0 Å². The quantitative estimate of drug-likeness (QED) is 0.826. The molecule has 0 aliphatic carbocycles. The van der Waals surface area contributed by atoms with Crippen LogP contribution < -0.4 is 14.8 Å². The average Bonchev–Trinajstić information content (AvgIpc) is 2.37. The van der Waals surface area contributed by atoms with Crippen molar-refractivity contribution in [3.05, 3.63) is 23.8 Å². The van der Waals surface area contributed by atoms with Gasteiger partial charge in [0.15, 0.2) is 0 Å². The minimum Gasteiger partial charge on any atom is -0.496 e. The molecule has 1 aromatic carbocycles. The lowest BCUT2D eigenvalue weighted by Gasteiger charge is -2.21. The Morgan fingerprint density at radius 3 is 2.17 bits per heavy atom. The fraction of sp³-hybridized carbons (Fsp3) is 0.357. The lowest BCUT2D eigenvalue weighted by Crippen LogP contribution is -2.42. The molecule has 0 radical (unpaired) electrons. The van der Waals surface area contributed by atoms with Crippen LogP contribution in [0, 0.1) is 12.3 Å². The summed E-state index contributed by atoms with van der Waals surface area (Å²) in [4.78, 5) is 12.2. The molecule has 0 unspecified atom stereocenters. The Hall–Kier alpha value is -2.15. The highest BCUT2D eigenvalue weighted by Crippen LogP contribution is 2.28. The Kier molecular flexibility index (Phi) is 4.22. The van der Waals surface area contributed by atoms with Crippen molar-refractivity contribution < 1.29 is 14.3 Å². The van der Waals surface area contributed by atoms with Crippen molar-refractivity contribution in [1.82, 2.24) is 5.32 Å². The van der Waals surface area contributed by atoms with Crippen molar-refractivity contribution in [2.75, 3.05) is 14.2 Å². The van der Waals surface area contributed by atoms with Crippen LogP contribution in [-0.2, 0) is 0 Å². The van der Waals surface area contributed by atoms with Crippen LogP contribution in [0.15, 0.2) is 18.2 Å². The molecule has 0 atom stereocenters. The van der Waals surface area contributed by atoms with Crippen LogP contribution >= 0.6 is 0 Å². The number of carbonyl (C=O) groups is 1. The van der Waals surface area contributed by atoms with Gasteiger partial charge < -0.3 is 14.8 Å². The highest BCUT2D eigenvalue weighted by atomic mass is 16.5. The zero-order chi connectivity index (χ0) is 13.8. The Bertz CT molecular complexity index is 464. The maximum absolute atomic E-state index is 12.2. The lowest BCUT2D eigenvalue weighted by atomic mass is 10.1. The minimum absolute atomic E-state index is 0.327. The van der Waals surface area contributed by atoms with Crippen molar-refractivity contribution in [2.24, 2.45) is 0 Å². The van der Waals surface area contributed by atoms with E-state index < -0.39 is 5.54 Å². The first-order valence-corrected chi connectivity index (χ1v) is 5.46. The van der Waals surface area contributed by atoms with E-state index in [0.717, 1.165) is 0 Å². The van der Waals surface area contributed by atoms with Gasteiger partial charge in [0.25, 0.3) is 5.91 Å². The highest BCUT2D eigenvalue weighted by Gasteiger charge is 2.23. The normalized spacial score (nSPS) is 10.4. The monoisotopic (exact) mass is 247 g/mol. The number of ether oxygens (including phenoxy) is 2. The SMILES string of the molecule is C#CC(C)(C)NC(=O)c1c(OC)cccc1OC. The smallest absolute Gasteiger partial charge is 0.260 e. The molecule has 0 aromatic heterocycles. The third kappa shape index (κ3) is 2.95. The summed E-state index contributed by atoms with van der Waals surface area (Å²) in [7, 11) is 3.00. The second kappa shape index (κ2) is 5.46. The van der Waals surface area contributed by atoms with Crippen LogP contribution in [0.25, 0.3) is 0 Å². The first-order valence-electron chi connectivity index (χ1n) is 5.46. The van der Waals surface area contributed by atoms with Crippen LogP contribution in [0.3, 0.4) is 0 Å². The molecule has 18 heavy (non-hydrogen) atoms. The molecule has 1 rings (SSSR count). The summed E-state index contributed by atoms with van der Waals surface area (Å²) >= 11 is 0. The van der Waals surface area contributed by atoms with Gasteiger partial charge in [-0.1, -0.05) is 12.0 Å². The average molecular weight is 247 g/mol. The van der Waals surface area contributed by atoms with Crippen molar-refractivity contribution in [3.8, 4) is 23.8 Å². The number of hydrogen-bond acceptors (Lipinski definition) is 3. The van der Waals surface area contributed by atoms with E-state index in [1.165, 1.54) is 14.2 Å². The van der Waals surface area contributed by atoms with Gasteiger partial charge in [0, 0.05) is 0 Å². The van der Waals surface area contributed by atoms with Gasteiger partial charge in [-0.2, -0.15) is 0 Å². The standard InChI is InChI=1S/C14H17NO3/c1-6-14(2,3)15-13(16)12-10(17-4)8-7-9-11(12)18-5/h1,7-9H,2-5H3,(H,15,16). The fourth-order valence-corrected chi connectivity index (χ4v) is 1.46. The highest BCUT2D eigenvalue weighted by molar-refractivity contribution is 6.00. The van der Waals surface area contributed by atoms with Gasteiger partial charge in [0.05, 0.1) is 19.8 Å². The molecule has 1 N–H and O–H groups in total. The van der Waals surface area contributed by atoms with E-state index in [-0.39, 0.29) is 5.91 Å². The maximum atomic E-state index is 12.2. The number of carbonyl (C=O) groups excluding carboxylic acids is 1. The lowest BCUT2D eigenvalue weighted by molar-refractivity contribution is 0.0923. The zero-order valence-electron chi connectivity index (χ0n) is 11.0. The number of rotatable bonds is 4. The molecule has 0 fully saturated rings. The largest absolute Gasteiger partial charge is 0.496 e. The fourth-order valence-electron chi connectivity index (χ4n) is 1.46. The van der Waals surface area contributed by atoms with E-state index >= 15 is 0 Å². The number of benzene rings is 1. The molecule has 0 saturated heterocycles. The van der Waals surface area contributed by atoms with E-state index in [1.807, 2.05) is 0 Å². The molecule has 1 aromatic rings. The van der Waals surface area contributed by atoms with E-state index in [2.05, 4.69) is 11.2 Å². The minimum atomic E-state index is -0.733. The van der Waals surface area contributed by atoms with Crippen molar-refractivity contribution in [1.29, 1.82) is 0 Å². The summed E-state index contributed by atoms with van der Waals surface area (Å²) in [6.07, 6.45) is 5.35. The van der Waals surface area contributed by atoms with Crippen molar-refractivity contribution >= 4 is 5.91 Å². The van der Waals surface area contributed by atoms with Gasteiger partial charge in [0.1, 0.15) is 17.1 Å². The van der Waals surface area contributed by atoms with Crippen LogP contribution in [-0.4, -0.2) is 25.7 Å². The topological polar surface area (TPSA) is 47.6 Å². The molecule has 0 bridgehead atoms. The first kappa shape index (κ1) is 13.9. The molecule has 0 saturated carbocycles. The van der Waals surface area contributed by atoms with Gasteiger partial charge in [0.2, 0.25) is 0 Å². The Morgan fingerprint density at radius 2 is 1.78 bits per heavy atom. The number of hydrogen-bond donors (Lipinski definition) is 1. The molecular weight excluding hydrogens is 230 g/mol. The predicted octanol–water partition coefficient (Wildman–Crippen LogP) is 1.85. The molecule has 4 heteroatoms. The molecule has 4 nitrogen and oxygen atoms in total. The summed E-state index contributed by atoms with van der Waals surface area (Å²) in [5, 5.41) is 2.74. The van der Waals surface area contributed by atoms with Gasteiger partial charge in [-0.25, -0.2) is 0 Å². The molecule has 0 heterocycles.